The number of carbonyl (C=O) groups is 2. The lowest BCUT2D eigenvalue weighted by molar-refractivity contribution is -0.141. The van der Waals surface area contributed by atoms with E-state index >= 15 is 0 Å². The predicted octanol–water partition coefficient (Wildman–Crippen LogP) is 3.57. The van der Waals surface area contributed by atoms with Gasteiger partial charge in [0.2, 0.25) is 5.91 Å². The van der Waals surface area contributed by atoms with Gasteiger partial charge < -0.3 is 15.4 Å². The van der Waals surface area contributed by atoms with Crippen molar-refractivity contribution >= 4 is 56.1 Å². The molecule has 1 atom stereocenters. The van der Waals surface area contributed by atoms with Gasteiger partial charge in [0.1, 0.15) is 22.2 Å². The van der Waals surface area contributed by atoms with Gasteiger partial charge in [0.05, 0.1) is 5.75 Å². The van der Waals surface area contributed by atoms with E-state index in [0.29, 0.717) is 0 Å². The smallest absolute Gasteiger partial charge is 0.326 e. The average Bonchev–Trinajstić information content (AvgIpc) is 3.46. The molecule has 5 rings (SSSR count). The van der Waals surface area contributed by atoms with Crippen molar-refractivity contribution in [3.8, 4) is 0 Å². The summed E-state index contributed by atoms with van der Waals surface area (Å²) in [5, 5.41) is 15.1. The molecule has 3 aromatic heterocycles. The molecule has 3 heterocycles. The fraction of sp³-hybridized carbons (Fsp3) is 0.273. The standard InChI is InChI=1S/C22H20N4O3S2/c27-18(10-30-20-19-14-5-3-7-17(14)31-21(19)25-11-24-20)26-16(22(28)29)8-12-9-23-15-6-2-1-4-13(12)15/h1-2,4,6,9,11,16,23H,3,5,7-8,10H2,(H,26,27)(H,28,29)/t16-/m0/s1. The highest BCUT2D eigenvalue weighted by atomic mass is 32.2. The number of carbonyl (C=O) groups excluding carboxylic acids is 1. The van der Waals surface area contributed by atoms with Crippen molar-refractivity contribution in [2.45, 2.75) is 36.8 Å². The zero-order valence-corrected chi connectivity index (χ0v) is 18.2. The number of hydrogen-bond donors (Lipinski definition) is 3. The van der Waals surface area contributed by atoms with Crippen LogP contribution in [0, 0.1) is 0 Å². The summed E-state index contributed by atoms with van der Waals surface area (Å²) in [6.07, 6.45) is 6.79. The summed E-state index contributed by atoms with van der Waals surface area (Å²) in [5.74, 6) is -1.27. The van der Waals surface area contributed by atoms with Crippen molar-refractivity contribution in [1.29, 1.82) is 0 Å². The van der Waals surface area contributed by atoms with Crippen LogP contribution in [0.5, 0.6) is 0 Å². The third kappa shape index (κ3) is 3.90. The van der Waals surface area contributed by atoms with Crippen molar-refractivity contribution in [2.75, 3.05) is 5.75 Å². The van der Waals surface area contributed by atoms with E-state index in [-0.39, 0.29) is 18.1 Å². The van der Waals surface area contributed by atoms with Crippen LogP contribution in [0.4, 0.5) is 0 Å². The maximum Gasteiger partial charge on any atom is 0.326 e. The number of H-pyrrole nitrogens is 1. The summed E-state index contributed by atoms with van der Waals surface area (Å²) >= 11 is 3.04. The van der Waals surface area contributed by atoms with Crippen LogP contribution < -0.4 is 5.32 Å². The molecule has 7 nitrogen and oxygen atoms in total. The Morgan fingerprint density at radius 2 is 2.13 bits per heavy atom. The van der Waals surface area contributed by atoms with Crippen molar-refractivity contribution < 1.29 is 14.7 Å². The van der Waals surface area contributed by atoms with E-state index in [1.54, 1.807) is 17.5 Å². The summed E-state index contributed by atoms with van der Waals surface area (Å²) in [6.45, 7) is 0. The highest BCUT2D eigenvalue weighted by molar-refractivity contribution is 8.00. The van der Waals surface area contributed by atoms with Crippen molar-refractivity contribution in [3.05, 3.63) is 52.8 Å². The normalized spacial score (nSPS) is 14.1. The molecule has 0 bridgehead atoms. The highest BCUT2D eigenvalue weighted by Gasteiger charge is 2.24. The molecular weight excluding hydrogens is 432 g/mol. The van der Waals surface area contributed by atoms with Crippen LogP contribution in [-0.4, -0.2) is 43.7 Å². The number of thiophene rings is 1. The van der Waals surface area contributed by atoms with Gasteiger partial charge in [-0.05, 0) is 36.5 Å². The van der Waals surface area contributed by atoms with E-state index in [1.807, 2.05) is 24.3 Å². The largest absolute Gasteiger partial charge is 0.480 e. The fourth-order valence-electron chi connectivity index (χ4n) is 4.10. The van der Waals surface area contributed by atoms with Gasteiger partial charge in [-0.1, -0.05) is 30.0 Å². The van der Waals surface area contributed by atoms with Crippen LogP contribution >= 0.6 is 23.1 Å². The molecule has 9 heteroatoms. The Labute approximate surface area is 186 Å². The summed E-state index contributed by atoms with van der Waals surface area (Å²) in [4.78, 5) is 38.6. The summed E-state index contributed by atoms with van der Waals surface area (Å²) in [5.41, 5.74) is 3.12. The first-order valence-electron chi connectivity index (χ1n) is 10.1. The molecule has 0 saturated carbocycles. The number of aliphatic carboxylic acids is 1. The molecule has 1 aromatic carbocycles. The number of benzene rings is 1. The van der Waals surface area contributed by atoms with Crippen molar-refractivity contribution in [1.82, 2.24) is 20.3 Å². The second kappa shape index (κ2) is 8.32. The maximum absolute atomic E-state index is 12.6. The molecule has 0 fully saturated rings. The Bertz CT molecular complexity index is 1300. The number of carboxylic acid groups (broad SMARTS) is 1. The molecule has 0 spiro atoms. The van der Waals surface area contributed by atoms with Gasteiger partial charge in [0, 0.05) is 33.8 Å². The van der Waals surface area contributed by atoms with Crippen LogP contribution in [0.1, 0.15) is 22.4 Å². The molecule has 0 saturated heterocycles. The molecule has 1 aliphatic rings. The Hall–Kier alpha value is -2.91. The zero-order chi connectivity index (χ0) is 21.4. The molecule has 4 aromatic rings. The minimum Gasteiger partial charge on any atom is -0.480 e. The number of nitrogens with one attached hydrogen (secondary N) is 2. The Morgan fingerprint density at radius 3 is 3.00 bits per heavy atom. The number of aryl methyl sites for hydroxylation is 2. The van der Waals surface area contributed by atoms with Crippen molar-refractivity contribution in [3.63, 3.8) is 0 Å². The number of aromatic amines is 1. The first kappa shape index (κ1) is 20.0. The minimum atomic E-state index is -1.05. The Balaban J connectivity index is 1.28. The minimum absolute atomic E-state index is 0.106. The average molecular weight is 453 g/mol. The Kier molecular flexibility index (Phi) is 5.37. The zero-order valence-electron chi connectivity index (χ0n) is 16.6. The van der Waals surface area contributed by atoms with Crippen LogP contribution in [0.2, 0.25) is 0 Å². The maximum atomic E-state index is 12.6. The van der Waals surface area contributed by atoms with Gasteiger partial charge in [-0.15, -0.1) is 11.3 Å². The van der Waals surface area contributed by atoms with Crippen LogP contribution in [0.25, 0.3) is 21.1 Å². The molecule has 3 N–H and O–H groups in total. The van der Waals surface area contributed by atoms with E-state index in [1.165, 1.54) is 28.5 Å². The number of fused-ring (bicyclic) bond motifs is 4. The lowest BCUT2D eigenvalue weighted by Gasteiger charge is -2.14. The van der Waals surface area contributed by atoms with E-state index in [0.717, 1.165) is 51.0 Å². The topological polar surface area (TPSA) is 108 Å². The quantitative estimate of drug-likeness (QED) is 0.292. The molecule has 0 aliphatic heterocycles. The van der Waals surface area contributed by atoms with E-state index in [2.05, 4.69) is 20.3 Å². The van der Waals surface area contributed by atoms with E-state index in [9.17, 15) is 14.7 Å². The third-order valence-corrected chi connectivity index (χ3v) is 7.73. The molecule has 31 heavy (non-hydrogen) atoms. The highest BCUT2D eigenvalue weighted by Crippen LogP contribution is 2.39. The molecule has 0 radical (unpaired) electrons. The van der Waals surface area contributed by atoms with Gasteiger partial charge in [-0.2, -0.15) is 0 Å². The summed E-state index contributed by atoms with van der Waals surface area (Å²) in [6, 6.07) is 6.71. The molecule has 1 amide bonds. The van der Waals surface area contributed by atoms with Gasteiger partial charge in [0.15, 0.2) is 0 Å². The van der Waals surface area contributed by atoms with Gasteiger partial charge >= 0.3 is 5.97 Å². The number of nitrogens with zero attached hydrogens (tertiary/aromatic N) is 2. The fourth-order valence-corrected chi connectivity index (χ4v) is 6.23. The first-order chi connectivity index (χ1) is 15.1. The van der Waals surface area contributed by atoms with E-state index in [4.69, 9.17) is 0 Å². The number of carboxylic acids is 1. The van der Waals surface area contributed by atoms with E-state index < -0.39 is 12.0 Å². The summed E-state index contributed by atoms with van der Waals surface area (Å²) in [7, 11) is 0. The number of aromatic nitrogens is 3. The number of rotatable bonds is 7. The second-order valence-corrected chi connectivity index (χ2v) is 9.57. The van der Waals surface area contributed by atoms with Crippen molar-refractivity contribution in [2.24, 2.45) is 0 Å². The van der Waals surface area contributed by atoms with Crippen LogP contribution in [0.3, 0.4) is 0 Å². The number of amides is 1. The van der Waals surface area contributed by atoms with Gasteiger partial charge in [0.25, 0.3) is 0 Å². The first-order valence-corrected chi connectivity index (χ1v) is 11.9. The second-order valence-electron chi connectivity index (χ2n) is 7.53. The molecule has 158 valence electrons. The van der Waals surface area contributed by atoms with Crippen LogP contribution in [-0.2, 0) is 28.9 Å². The lowest BCUT2D eigenvalue weighted by atomic mass is 10.1. The Morgan fingerprint density at radius 1 is 1.26 bits per heavy atom. The number of hydrogen-bond acceptors (Lipinski definition) is 6. The number of thioether (sulfide) groups is 1. The molecule has 1 aliphatic carbocycles. The summed E-state index contributed by atoms with van der Waals surface area (Å²) < 4.78 is 0. The SMILES string of the molecule is O=C(CSc1ncnc2sc3c(c12)CCC3)N[C@@H](Cc1c[nH]c2ccccc12)C(=O)O. The molecular formula is C22H20N4O3S2. The molecule has 0 unspecified atom stereocenters. The van der Waals surface area contributed by atoms with Gasteiger partial charge in [-0.3, -0.25) is 4.79 Å². The lowest BCUT2D eigenvalue weighted by Crippen LogP contribution is -2.43. The number of para-hydroxylation sites is 1. The third-order valence-electron chi connectivity index (χ3n) is 5.54. The van der Waals surface area contributed by atoms with Crippen LogP contribution in [0.15, 0.2) is 41.8 Å². The predicted molar refractivity (Wildman–Crippen MR) is 122 cm³/mol. The monoisotopic (exact) mass is 452 g/mol. The van der Waals surface area contributed by atoms with Gasteiger partial charge in [-0.25, -0.2) is 14.8 Å².